The maximum atomic E-state index is 14.5. The SMILES string of the molecule is CCCN1CC=C[C@H]2S[C@]34C=CCN(c5cc(C)ccc5C)C(=O)C3N(CCCCCO)C(=O)[C@@H]4[C@H]2C1=O. The van der Waals surface area contributed by atoms with E-state index in [0.29, 0.717) is 39.0 Å². The maximum absolute atomic E-state index is 14.5. The highest BCUT2D eigenvalue weighted by molar-refractivity contribution is 8.02. The van der Waals surface area contributed by atoms with Crippen molar-refractivity contribution in [3.8, 4) is 0 Å². The van der Waals surface area contributed by atoms with Crippen LogP contribution in [0.5, 0.6) is 0 Å². The summed E-state index contributed by atoms with van der Waals surface area (Å²) in [4.78, 5) is 48.1. The van der Waals surface area contributed by atoms with Crippen LogP contribution in [0, 0.1) is 25.7 Å². The van der Waals surface area contributed by atoms with Crippen LogP contribution in [0.2, 0.25) is 0 Å². The molecule has 1 aromatic carbocycles. The number of fused-ring (bicyclic) bond motifs is 2. The van der Waals surface area contributed by atoms with Crippen molar-refractivity contribution in [1.29, 1.82) is 0 Å². The molecule has 2 fully saturated rings. The molecule has 4 heterocycles. The third-order valence-corrected chi connectivity index (χ3v) is 10.2. The third-order valence-electron chi connectivity index (χ3n) is 8.45. The zero-order valence-corrected chi connectivity index (χ0v) is 23.5. The van der Waals surface area contributed by atoms with Gasteiger partial charge in [-0.3, -0.25) is 14.4 Å². The molecule has 0 aliphatic carbocycles. The molecule has 5 rings (SSSR count). The van der Waals surface area contributed by atoms with Crippen molar-refractivity contribution in [2.45, 2.75) is 62.5 Å². The van der Waals surface area contributed by atoms with Gasteiger partial charge in [0, 0.05) is 43.7 Å². The average molecular weight is 538 g/mol. The zero-order chi connectivity index (χ0) is 27.0. The van der Waals surface area contributed by atoms with Gasteiger partial charge in [-0.05, 0) is 56.7 Å². The molecule has 1 N–H and O–H groups in total. The first-order chi connectivity index (χ1) is 18.3. The minimum atomic E-state index is -0.790. The molecule has 5 atom stereocenters. The van der Waals surface area contributed by atoms with Crippen LogP contribution >= 0.6 is 11.8 Å². The lowest BCUT2D eigenvalue weighted by Crippen LogP contribution is -2.53. The van der Waals surface area contributed by atoms with Crippen LogP contribution in [0.3, 0.4) is 0 Å². The average Bonchev–Trinajstić information content (AvgIpc) is 3.21. The number of hydrogen-bond donors (Lipinski definition) is 1. The van der Waals surface area contributed by atoms with Crippen molar-refractivity contribution in [2.75, 3.05) is 37.7 Å². The number of nitrogens with zero attached hydrogens (tertiary/aromatic N) is 3. The number of likely N-dealkylation sites (tertiary alicyclic amines) is 1. The monoisotopic (exact) mass is 537 g/mol. The lowest BCUT2D eigenvalue weighted by Gasteiger charge is -2.35. The van der Waals surface area contributed by atoms with Gasteiger partial charge in [0.15, 0.2) is 0 Å². The molecule has 8 heteroatoms. The van der Waals surface area contributed by atoms with Gasteiger partial charge < -0.3 is 19.8 Å². The number of anilines is 1. The number of amides is 3. The minimum Gasteiger partial charge on any atom is -0.396 e. The summed E-state index contributed by atoms with van der Waals surface area (Å²) in [5, 5.41) is 9.13. The molecule has 0 aromatic heterocycles. The van der Waals surface area contributed by atoms with Crippen LogP contribution in [-0.4, -0.2) is 81.5 Å². The predicted molar refractivity (Wildman–Crippen MR) is 151 cm³/mol. The normalized spacial score (nSPS) is 30.4. The van der Waals surface area contributed by atoms with Gasteiger partial charge in [-0.2, -0.15) is 0 Å². The smallest absolute Gasteiger partial charge is 0.251 e. The van der Waals surface area contributed by atoms with Gasteiger partial charge >= 0.3 is 0 Å². The van der Waals surface area contributed by atoms with Crippen LogP contribution in [0.1, 0.15) is 43.7 Å². The van der Waals surface area contributed by atoms with E-state index < -0.39 is 22.6 Å². The Labute approximate surface area is 229 Å². The van der Waals surface area contributed by atoms with Gasteiger partial charge in [-0.1, -0.05) is 43.4 Å². The lowest BCUT2D eigenvalue weighted by molar-refractivity contribution is -0.142. The molecular formula is C30H39N3O4S. The number of aryl methyl sites for hydroxylation is 2. The second-order valence-electron chi connectivity index (χ2n) is 11.0. The summed E-state index contributed by atoms with van der Waals surface area (Å²) in [5.41, 5.74) is 2.96. The summed E-state index contributed by atoms with van der Waals surface area (Å²) >= 11 is 1.64. The van der Waals surface area contributed by atoms with Gasteiger partial charge in [-0.15, -0.1) is 11.8 Å². The number of aliphatic hydroxyl groups excluding tert-OH is 1. The third kappa shape index (κ3) is 4.39. The Balaban J connectivity index is 1.58. The summed E-state index contributed by atoms with van der Waals surface area (Å²) < 4.78 is -0.790. The van der Waals surface area contributed by atoms with Gasteiger partial charge in [-0.25, -0.2) is 0 Å². The molecule has 2 saturated heterocycles. The van der Waals surface area contributed by atoms with Crippen LogP contribution < -0.4 is 4.90 Å². The van der Waals surface area contributed by atoms with Crippen LogP contribution in [0.4, 0.5) is 5.69 Å². The Morgan fingerprint density at radius 2 is 1.82 bits per heavy atom. The van der Waals surface area contributed by atoms with E-state index in [1.807, 2.05) is 47.9 Å². The molecule has 4 aliphatic rings. The molecule has 4 aliphatic heterocycles. The van der Waals surface area contributed by atoms with Gasteiger partial charge in [0.2, 0.25) is 11.8 Å². The summed E-state index contributed by atoms with van der Waals surface area (Å²) in [6.07, 6.45) is 11.3. The van der Waals surface area contributed by atoms with Crippen molar-refractivity contribution in [1.82, 2.24) is 9.80 Å². The fraction of sp³-hybridized carbons (Fsp3) is 0.567. The first-order valence-electron chi connectivity index (χ1n) is 13.9. The highest BCUT2D eigenvalue weighted by Gasteiger charge is 2.70. The molecule has 0 saturated carbocycles. The molecular weight excluding hydrogens is 498 g/mol. The standard InChI is InChI=1S/C30H39N3O4S/c1-4-14-31-15-8-10-23-24(27(31)35)25-28(36)33(16-6-5-7-18-34)26-29(37)32(17-9-13-30(25,26)38-23)22-19-20(2)11-12-21(22)3/h8-13,19,23-26,34H,4-7,14-18H2,1-3H3/t23-,24+,25+,26?,30+/m1/s1. The Morgan fingerprint density at radius 3 is 2.58 bits per heavy atom. The molecule has 7 nitrogen and oxygen atoms in total. The van der Waals surface area contributed by atoms with Gasteiger partial charge in [0.25, 0.3) is 5.91 Å². The Kier molecular flexibility index (Phi) is 7.74. The minimum absolute atomic E-state index is 0.0296. The van der Waals surface area contributed by atoms with E-state index in [2.05, 4.69) is 25.2 Å². The topological polar surface area (TPSA) is 81.2 Å². The van der Waals surface area contributed by atoms with E-state index >= 15 is 0 Å². The Morgan fingerprint density at radius 1 is 1.00 bits per heavy atom. The first kappa shape index (κ1) is 27.0. The molecule has 1 aromatic rings. The van der Waals surface area contributed by atoms with E-state index in [0.717, 1.165) is 29.7 Å². The maximum Gasteiger partial charge on any atom is 0.251 e. The summed E-state index contributed by atoms with van der Waals surface area (Å²) in [5.74, 6) is -1.18. The molecule has 204 valence electrons. The van der Waals surface area contributed by atoms with Gasteiger partial charge in [0.1, 0.15) is 6.04 Å². The fourth-order valence-electron chi connectivity index (χ4n) is 6.70. The molecule has 0 radical (unpaired) electrons. The summed E-state index contributed by atoms with van der Waals surface area (Å²) in [6, 6.07) is 5.44. The number of aliphatic hydroxyl groups is 1. The van der Waals surface area contributed by atoms with Crippen molar-refractivity contribution in [3.63, 3.8) is 0 Å². The number of carbonyl (C=O) groups is 3. The second kappa shape index (κ2) is 10.9. The Hall–Kier alpha value is -2.58. The number of rotatable bonds is 8. The van der Waals surface area contributed by atoms with Crippen molar-refractivity contribution in [3.05, 3.63) is 53.6 Å². The number of unbranched alkanes of at least 4 members (excludes halogenated alkanes) is 2. The number of benzene rings is 1. The molecule has 0 bridgehead atoms. The van der Waals surface area contributed by atoms with E-state index in [9.17, 15) is 19.5 Å². The largest absolute Gasteiger partial charge is 0.396 e. The molecule has 3 amide bonds. The Bertz CT molecular complexity index is 1170. The van der Waals surface area contributed by atoms with Crippen molar-refractivity contribution >= 4 is 35.2 Å². The predicted octanol–water partition coefficient (Wildman–Crippen LogP) is 3.47. The second-order valence-corrected chi connectivity index (χ2v) is 12.5. The van der Waals surface area contributed by atoms with Crippen LogP contribution in [0.15, 0.2) is 42.5 Å². The zero-order valence-electron chi connectivity index (χ0n) is 22.6. The summed E-state index contributed by atoms with van der Waals surface area (Å²) in [6.45, 7) is 8.31. The first-order valence-corrected chi connectivity index (χ1v) is 14.8. The van der Waals surface area contributed by atoms with E-state index in [1.165, 1.54) is 0 Å². The molecule has 1 unspecified atom stereocenters. The lowest BCUT2D eigenvalue weighted by atomic mass is 9.78. The fourth-order valence-corrected chi connectivity index (χ4v) is 8.70. The van der Waals surface area contributed by atoms with E-state index in [-0.39, 0.29) is 29.6 Å². The van der Waals surface area contributed by atoms with Crippen LogP contribution in [-0.2, 0) is 14.4 Å². The number of thioether (sulfide) groups is 1. The van der Waals surface area contributed by atoms with E-state index in [1.54, 1.807) is 16.7 Å². The number of carbonyl (C=O) groups excluding carboxylic acids is 3. The number of hydrogen-bond acceptors (Lipinski definition) is 5. The highest BCUT2D eigenvalue weighted by Crippen LogP contribution is 2.61. The quantitative estimate of drug-likeness (QED) is 0.406. The van der Waals surface area contributed by atoms with Gasteiger partial charge in [0.05, 0.1) is 16.6 Å². The summed E-state index contributed by atoms with van der Waals surface area (Å²) in [7, 11) is 0. The van der Waals surface area contributed by atoms with Crippen LogP contribution in [0.25, 0.3) is 0 Å². The van der Waals surface area contributed by atoms with E-state index in [4.69, 9.17) is 0 Å². The van der Waals surface area contributed by atoms with Crippen molar-refractivity contribution in [2.24, 2.45) is 11.8 Å². The molecule has 1 spiro atoms. The van der Waals surface area contributed by atoms with Crippen molar-refractivity contribution < 1.29 is 19.5 Å². The molecule has 38 heavy (non-hydrogen) atoms. The highest BCUT2D eigenvalue weighted by atomic mass is 32.2.